The van der Waals surface area contributed by atoms with E-state index >= 15 is 0 Å². The van der Waals surface area contributed by atoms with Crippen molar-refractivity contribution < 1.29 is 17.9 Å². The number of sulfone groups is 1. The lowest BCUT2D eigenvalue weighted by Crippen LogP contribution is -2.41. The van der Waals surface area contributed by atoms with Crippen LogP contribution in [0.4, 0.5) is 4.79 Å². The first-order valence-corrected chi connectivity index (χ1v) is 9.50. The number of hydrogen-bond donors (Lipinski definition) is 1. The van der Waals surface area contributed by atoms with Crippen LogP contribution in [0.5, 0.6) is 5.75 Å². The van der Waals surface area contributed by atoms with Gasteiger partial charge in [-0.2, -0.15) is 0 Å². The molecular formula is C16H24N2O4S. The number of nitrogens with zero attached hydrogens (tertiary/aromatic N) is 1. The highest BCUT2D eigenvalue weighted by atomic mass is 32.2. The number of urea groups is 1. The van der Waals surface area contributed by atoms with Crippen molar-refractivity contribution in [3.05, 3.63) is 29.8 Å². The van der Waals surface area contributed by atoms with Crippen molar-refractivity contribution in [2.24, 2.45) is 5.92 Å². The van der Waals surface area contributed by atoms with Crippen LogP contribution >= 0.6 is 0 Å². The molecule has 128 valence electrons. The molecule has 0 aliphatic carbocycles. The van der Waals surface area contributed by atoms with Gasteiger partial charge in [0.15, 0.2) is 9.84 Å². The fourth-order valence-corrected chi connectivity index (χ4v) is 4.65. The summed E-state index contributed by atoms with van der Waals surface area (Å²) in [5, 5.41) is 2.83. The quantitative estimate of drug-likeness (QED) is 0.887. The Morgan fingerprint density at radius 3 is 2.74 bits per heavy atom. The van der Waals surface area contributed by atoms with Gasteiger partial charge < -0.3 is 15.0 Å². The van der Waals surface area contributed by atoms with Crippen molar-refractivity contribution in [2.45, 2.75) is 19.4 Å². The molecule has 1 aliphatic rings. The number of nitrogens with one attached hydrogen (secondary N) is 1. The molecule has 1 aliphatic heterocycles. The predicted octanol–water partition coefficient (Wildman–Crippen LogP) is 1.83. The number of ether oxygens (including phenoxy) is 1. The molecule has 0 radical (unpaired) electrons. The fourth-order valence-electron chi connectivity index (χ4n) is 2.79. The van der Waals surface area contributed by atoms with Crippen LogP contribution in [0.3, 0.4) is 0 Å². The van der Waals surface area contributed by atoms with E-state index in [1.165, 1.54) is 0 Å². The highest BCUT2D eigenvalue weighted by Crippen LogP contribution is 2.28. The molecule has 2 amide bonds. The van der Waals surface area contributed by atoms with E-state index < -0.39 is 9.84 Å². The number of rotatable bonds is 5. The average molecular weight is 340 g/mol. The number of para-hydroxylation sites is 1. The minimum atomic E-state index is -2.91. The van der Waals surface area contributed by atoms with E-state index in [1.54, 1.807) is 19.1 Å². The highest BCUT2D eigenvalue weighted by Gasteiger charge is 2.28. The van der Waals surface area contributed by atoms with Gasteiger partial charge in [-0.05, 0) is 25.3 Å². The Kier molecular flexibility index (Phi) is 5.51. The summed E-state index contributed by atoms with van der Waals surface area (Å²) >= 11 is 0. The second-order valence-electron chi connectivity index (χ2n) is 5.98. The molecule has 0 aromatic heterocycles. The molecule has 0 unspecified atom stereocenters. The third-order valence-electron chi connectivity index (χ3n) is 4.36. The smallest absolute Gasteiger partial charge is 0.317 e. The maximum atomic E-state index is 12.3. The first kappa shape index (κ1) is 17.6. The van der Waals surface area contributed by atoms with E-state index in [9.17, 15) is 13.2 Å². The van der Waals surface area contributed by atoms with E-state index in [-0.39, 0.29) is 29.5 Å². The molecule has 2 atom stereocenters. The summed E-state index contributed by atoms with van der Waals surface area (Å²) in [5.74, 6) is 1.14. The molecule has 23 heavy (non-hydrogen) atoms. The maximum absolute atomic E-state index is 12.3. The summed E-state index contributed by atoms with van der Waals surface area (Å²) in [6, 6.07) is 7.21. The highest BCUT2D eigenvalue weighted by molar-refractivity contribution is 7.91. The molecule has 1 heterocycles. The molecule has 0 spiro atoms. The Bertz CT molecular complexity index is 660. The van der Waals surface area contributed by atoms with Crippen molar-refractivity contribution in [3.63, 3.8) is 0 Å². The zero-order valence-corrected chi connectivity index (χ0v) is 14.6. The minimum absolute atomic E-state index is 0.0129. The standard InChI is InChI=1S/C16H24N2O4S/c1-12(14-6-4-5-7-15(14)22-3)18(2)16(19)17-10-13-8-9-23(20,21)11-13/h4-7,12-13H,8-11H2,1-3H3,(H,17,19)/t12-,13+/m1/s1. The third-order valence-corrected chi connectivity index (χ3v) is 6.20. The van der Waals surface area contributed by atoms with Gasteiger partial charge in [0.2, 0.25) is 0 Å². The van der Waals surface area contributed by atoms with Crippen LogP contribution in [0.15, 0.2) is 24.3 Å². The van der Waals surface area contributed by atoms with Gasteiger partial charge in [0.05, 0.1) is 24.7 Å². The number of methoxy groups -OCH3 is 1. The Morgan fingerprint density at radius 2 is 2.13 bits per heavy atom. The number of benzene rings is 1. The Balaban J connectivity index is 1.94. The fraction of sp³-hybridized carbons (Fsp3) is 0.562. The molecule has 6 nitrogen and oxygen atoms in total. The number of amides is 2. The molecule has 1 fully saturated rings. The van der Waals surface area contributed by atoms with Crippen molar-refractivity contribution in [1.82, 2.24) is 10.2 Å². The summed E-state index contributed by atoms with van der Waals surface area (Å²) in [7, 11) is 0.410. The minimum Gasteiger partial charge on any atom is -0.496 e. The van der Waals surface area contributed by atoms with Crippen molar-refractivity contribution in [2.75, 3.05) is 32.2 Å². The Labute approximate surface area is 137 Å². The number of hydrogen-bond acceptors (Lipinski definition) is 4. The first-order chi connectivity index (χ1) is 10.8. The Hall–Kier alpha value is -1.76. The predicted molar refractivity (Wildman–Crippen MR) is 89.3 cm³/mol. The van der Waals surface area contributed by atoms with Crippen LogP contribution < -0.4 is 10.1 Å². The van der Waals surface area contributed by atoms with E-state index in [1.807, 2.05) is 31.2 Å². The number of carbonyl (C=O) groups is 1. The zero-order valence-electron chi connectivity index (χ0n) is 13.8. The molecule has 1 saturated heterocycles. The van der Waals surface area contributed by atoms with Crippen LogP contribution in [0.25, 0.3) is 0 Å². The van der Waals surface area contributed by atoms with Gasteiger partial charge in [-0.25, -0.2) is 13.2 Å². The first-order valence-electron chi connectivity index (χ1n) is 7.68. The van der Waals surface area contributed by atoms with Crippen molar-refractivity contribution >= 4 is 15.9 Å². The maximum Gasteiger partial charge on any atom is 0.317 e. The van der Waals surface area contributed by atoms with Gasteiger partial charge in [0, 0.05) is 19.2 Å². The topological polar surface area (TPSA) is 75.7 Å². The van der Waals surface area contributed by atoms with Crippen LogP contribution in [0.1, 0.15) is 24.9 Å². The van der Waals surface area contributed by atoms with E-state index in [0.717, 1.165) is 11.3 Å². The van der Waals surface area contributed by atoms with E-state index in [2.05, 4.69) is 5.32 Å². The van der Waals surface area contributed by atoms with Crippen LogP contribution in [-0.4, -0.2) is 51.6 Å². The molecule has 1 aromatic rings. The lowest BCUT2D eigenvalue weighted by Gasteiger charge is -2.27. The molecule has 0 saturated carbocycles. The molecule has 7 heteroatoms. The molecule has 1 N–H and O–H groups in total. The second kappa shape index (κ2) is 7.21. The Morgan fingerprint density at radius 1 is 1.43 bits per heavy atom. The van der Waals surface area contributed by atoms with E-state index in [4.69, 9.17) is 4.74 Å². The van der Waals surface area contributed by atoms with Crippen LogP contribution in [-0.2, 0) is 9.84 Å². The zero-order chi connectivity index (χ0) is 17.0. The van der Waals surface area contributed by atoms with Crippen LogP contribution in [0.2, 0.25) is 0 Å². The molecule has 2 rings (SSSR count). The summed E-state index contributed by atoms with van der Waals surface area (Å²) in [6.45, 7) is 2.32. The normalized spacial score (nSPS) is 20.7. The van der Waals surface area contributed by atoms with Gasteiger partial charge in [0.25, 0.3) is 0 Å². The van der Waals surface area contributed by atoms with Gasteiger partial charge >= 0.3 is 6.03 Å². The molecular weight excluding hydrogens is 316 g/mol. The second-order valence-corrected chi connectivity index (χ2v) is 8.21. The number of carbonyl (C=O) groups excluding carboxylic acids is 1. The average Bonchev–Trinajstić information content (AvgIpc) is 2.90. The van der Waals surface area contributed by atoms with Gasteiger partial charge in [-0.3, -0.25) is 0 Å². The largest absolute Gasteiger partial charge is 0.496 e. The summed E-state index contributed by atoms with van der Waals surface area (Å²) in [4.78, 5) is 13.9. The lowest BCUT2D eigenvalue weighted by molar-refractivity contribution is 0.192. The van der Waals surface area contributed by atoms with Crippen molar-refractivity contribution in [3.8, 4) is 5.75 Å². The van der Waals surface area contributed by atoms with Gasteiger partial charge in [-0.1, -0.05) is 18.2 Å². The molecule has 1 aromatic carbocycles. The third kappa shape index (κ3) is 4.37. The summed E-state index contributed by atoms with van der Waals surface area (Å²) in [5.41, 5.74) is 0.927. The van der Waals surface area contributed by atoms with Gasteiger partial charge in [-0.15, -0.1) is 0 Å². The monoisotopic (exact) mass is 340 g/mol. The summed E-state index contributed by atoms with van der Waals surface area (Å²) < 4.78 is 28.2. The van der Waals surface area contributed by atoms with E-state index in [0.29, 0.717) is 13.0 Å². The van der Waals surface area contributed by atoms with Crippen LogP contribution in [0, 0.1) is 5.92 Å². The van der Waals surface area contributed by atoms with Gasteiger partial charge in [0.1, 0.15) is 5.75 Å². The van der Waals surface area contributed by atoms with Crippen molar-refractivity contribution in [1.29, 1.82) is 0 Å². The molecule has 0 bridgehead atoms. The lowest BCUT2D eigenvalue weighted by atomic mass is 10.1. The summed E-state index contributed by atoms with van der Waals surface area (Å²) in [6.07, 6.45) is 0.619. The SMILES string of the molecule is COc1ccccc1[C@@H](C)N(C)C(=O)NC[C@@H]1CCS(=O)(=O)C1.